The molecule has 0 saturated carbocycles. The number of aromatic nitrogens is 1. The lowest BCUT2D eigenvalue weighted by atomic mass is 9.83. The van der Waals surface area contributed by atoms with E-state index in [0.29, 0.717) is 13.0 Å². The van der Waals surface area contributed by atoms with Crippen molar-refractivity contribution in [1.82, 2.24) is 10.3 Å². The molecule has 0 aliphatic carbocycles. The number of fused-ring (bicyclic) bond motifs is 3. The fourth-order valence-corrected chi connectivity index (χ4v) is 5.14. The van der Waals surface area contributed by atoms with Gasteiger partial charge in [-0.15, -0.1) is 0 Å². The largest absolute Gasteiger partial charge is 0.497 e. The van der Waals surface area contributed by atoms with Gasteiger partial charge in [-0.05, 0) is 41.8 Å². The van der Waals surface area contributed by atoms with Gasteiger partial charge in [0.25, 0.3) is 0 Å². The molecule has 2 aromatic carbocycles. The molecule has 0 radical (unpaired) electrons. The summed E-state index contributed by atoms with van der Waals surface area (Å²) >= 11 is 0. The first-order chi connectivity index (χ1) is 16.7. The maximum Gasteiger partial charge on any atom is 0.225 e. The van der Waals surface area contributed by atoms with Gasteiger partial charge in [0.15, 0.2) is 0 Å². The first-order valence-corrected chi connectivity index (χ1v) is 11.7. The van der Waals surface area contributed by atoms with Crippen LogP contribution in [0.3, 0.4) is 0 Å². The molecule has 176 valence electrons. The highest BCUT2D eigenvalue weighted by atomic mass is 16.5. The number of nitrogens with zero attached hydrogens (tertiary/aromatic N) is 3. The topological polar surface area (TPSA) is 66.9 Å². The van der Waals surface area contributed by atoms with Crippen LogP contribution >= 0.6 is 0 Å². The minimum atomic E-state index is -0.171. The van der Waals surface area contributed by atoms with Crippen LogP contribution in [-0.2, 0) is 17.8 Å². The minimum absolute atomic E-state index is 0.0344. The smallest absolute Gasteiger partial charge is 0.225 e. The van der Waals surface area contributed by atoms with Crippen LogP contribution in [0.5, 0.6) is 11.5 Å². The highest BCUT2D eigenvalue weighted by molar-refractivity contribution is 5.82. The lowest BCUT2D eigenvalue weighted by Gasteiger charge is -2.49. The Morgan fingerprint density at radius 1 is 1.06 bits per heavy atom. The molecule has 1 N–H and O–H groups in total. The van der Waals surface area contributed by atoms with Crippen LogP contribution in [0.25, 0.3) is 0 Å². The average molecular weight is 459 g/mol. The van der Waals surface area contributed by atoms with Gasteiger partial charge in [-0.2, -0.15) is 0 Å². The van der Waals surface area contributed by atoms with Crippen molar-refractivity contribution in [2.75, 3.05) is 43.7 Å². The Kier molecular flexibility index (Phi) is 6.25. The minimum Gasteiger partial charge on any atom is -0.497 e. The molecule has 3 heterocycles. The summed E-state index contributed by atoms with van der Waals surface area (Å²) in [5, 5.41) is 3.16. The maximum atomic E-state index is 13.5. The summed E-state index contributed by atoms with van der Waals surface area (Å²) in [6.07, 6.45) is 4.22. The summed E-state index contributed by atoms with van der Waals surface area (Å²) in [4.78, 5) is 22.4. The first-order valence-electron chi connectivity index (χ1n) is 11.7. The zero-order valence-corrected chi connectivity index (χ0v) is 19.6. The van der Waals surface area contributed by atoms with Gasteiger partial charge in [-0.1, -0.05) is 24.3 Å². The fourth-order valence-electron chi connectivity index (χ4n) is 5.14. The number of benzene rings is 2. The molecule has 0 unspecified atom stereocenters. The molecule has 7 heteroatoms. The van der Waals surface area contributed by atoms with Gasteiger partial charge >= 0.3 is 0 Å². The number of hydrogen-bond donors (Lipinski definition) is 1. The van der Waals surface area contributed by atoms with Crippen LogP contribution in [-0.4, -0.2) is 50.8 Å². The molecule has 2 aliphatic rings. The third kappa shape index (κ3) is 4.25. The normalized spacial score (nSPS) is 19.1. The maximum absolute atomic E-state index is 13.5. The molecule has 1 amide bonds. The van der Waals surface area contributed by atoms with Crippen LogP contribution in [0.4, 0.5) is 11.4 Å². The zero-order chi connectivity index (χ0) is 23.5. The lowest BCUT2D eigenvalue weighted by Crippen LogP contribution is -2.61. The molecule has 2 atom stereocenters. The van der Waals surface area contributed by atoms with E-state index in [0.717, 1.165) is 42.4 Å². The van der Waals surface area contributed by atoms with Crippen molar-refractivity contribution in [3.05, 3.63) is 78.1 Å². The average Bonchev–Trinajstić information content (AvgIpc) is 2.91. The second-order valence-electron chi connectivity index (χ2n) is 8.76. The molecule has 7 nitrogen and oxygen atoms in total. The standard InChI is InChI=1S/C27H30N4O3/c1-33-21-10-9-20-14-22(27(32)29-17-19-6-5-11-28-16-19)25-18-30(12-13-31(25)24(20)15-21)23-7-3-4-8-26(23)34-2/h3-11,15-16,22,25H,12-14,17-18H2,1-2H3,(H,29,32)/t22-,25-/m1/s1. The molecule has 2 aliphatic heterocycles. The van der Waals surface area contributed by atoms with Crippen molar-refractivity contribution < 1.29 is 14.3 Å². The predicted octanol–water partition coefficient (Wildman–Crippen LogP) is 3.28. The van der Waals surface area contributed by atoms with Crippen LogP contribution in [0.15, 0.2) is 67.0 Å². The van der Waals surface area contributed by atoms with Gasteiger partial charge in [0.05, 0.1) is 31.9 Å². The van der Waals surface area contributed by atoms with Crippen LogP contribution in [0.1, 0.15) is 11.1 Å². The fraction of sp³-hybridized carbons (Fsp3) is 0.333. The Morgan fingerprint density at radius 3 is 2.74 bits per heavy atom. The Bertz CT molecular complexity index is 1150. The van der Waals surface area contributed by atoms with E-state index in [1.54, 1.807) is 26.6 Å². The Labute approximate surface area is 200 Å². The summed E-state index contributed by atoms with van der Waals surface area (Å²) in [6.45, 7) is 2.87. The van der Waals surface area contributed by atoms with E-state index in [1.165, 1.54) is 11.3 Å². The van der Waals surface area contributed by atoms with E-state index in [9.17, 15) is 4.79 Å². The highest BCUT2D eigenvalue weighted by Crippen LogP contribution is 2.40. The highest BCUT2D eigenvalue weighted by Gasteiger charge is 2.42. The zero-order valence-electron chi connectivity index (χ0n) is 19.6. The van der Waals surface area contributed by atoms with Crippen LogP contribution in [0.2, 0.25) is 0 Å². The summed E-state index contributed by atoms with van der Waals surface area (Å²) < 4.78 is 11.1. The van der Waals surface area contributed by atoms with Crippen molar-refractivity contribution in [1.29, 1.82) is 0 Å². The number of amides is 1. The number of rotatable bonds is 6. The number of pyridine rings is 1. The van der Waals surface area contributed by atoms with Crippen molar-refractivity contribution in [2.45, 2.75) is 19.0 Å². The van der Waals surface area contributed by atoms with Crippen LogP contribution in [0, 0.1) is 5.92 Å². The number of ether oxygens (including phenoxy) is 2. The summed E-state index contributed by atoms with van der Waals surface area (Å²) in [7, 11) is 3.39. The van der Waals surface area contributed by atoms with Gasteiger partial charge in [-0.3, -0.25) is 9.78 Å². The lowest BCUT2D eigenvalue weighted by molar-refractivity contribution is -0.126. The molecule has 1 fully saturated rings. The Balaban J connectivity index is 1.44. The van der Waals surface area contributed by atoms with Crippen molar-refractivity contribution in [3.8, 4) is 11.5 Å². The number of carbonyl (C=O) groups excluding carboxylic acids is 1. The second-order valence-corrected chi connectivity index (χ2v) is 8.76. The first kappa shape index (κ1) is 22.1. The molecule has 5 rings (SSSR count). The van der Waals surface area contributed by atoms with Crippen molar-refractivity contribution in [2.24, 2.45) is 5.92 Å². The summed E-state index contributed by atoms with van der Waals surface area (Å²) in [5.41, 5.74) is 4.41. The molecule has 0 spiro atoms. The number of hydrogen-bond acceptors (Lipinski definition) is 6. The van der Waals surface area contributed by atoms with E-state index in [2.05, 4.69) is 38.3 Å². The molecular weight excluding hydrogens is 428 g/mol. The van der Waals surface area contributed by atoms with Gasteiger partial charge in [0.1, 0.15) is 11.5 Å². The monoisotopic (exact) mass is 458 g/mol. The molecule has 34 heavy (non-hydrogen) atoms. The van der Waals surface area contributed by atoms with Gasteiger partial charge in [-0.25, -0.2) is 0 Å². The number of nitrogens with one attached hydrogen (secondary N) is 1. The van der Waals surface area contributed by atoms with Crippen molar-refractivity contribution >= 4 is 17.3 Å². The van der Waals surface area contributed by atoms with E-state index in [4.69, 9.17) is 9.47 Å². The SMILES string of the molecule is COc1ccc2c(c1)N1CCN(c3ccccc3OC)C[C@@H]1[C@H](C(=O)NCc1cccnc1)C2. The van der Waals surface area contributed by atoms with E-state index < -0.39 is 0 Å². The van der Waals surface area contributed by atoms with Crippen LogP contribution < -0.4 is 24.6 Å². The Morgan fingerprint density at radius 2 is 1.94 bits per heavy atom. The molecule has 3 aromatic rings. The third-order valence-corrected chi connectivity index (χ3v) is 6.88. The number of anilines is 2. The van der Waals surface area contributed by atoms with Crippen molar-refractivity contribution in [3.63, 3.8) is 0 Å². The number of methoxy groups -OCH3 is 2. The van der Waals surface area contributed by atoms with E-state index in [-0.39, 0.29) is 17.9 Å². The summed E-state index contributed by atoms with van der Waals surface area (Å²) in [5.74, 6) is 1.59. The summed E-state index contributed by atoms with van der Waals surface area (Å²) in [6, 6.07) is 18.2. The quantitative estimate of drug-likeness (QED) is 0.612. The molecule has 1 aromatic heterocycles. The molecular formula is C27H30N4O3. The van der Waals surface area contributed by atoms with Gasteiger partial charge < -0.3 is 24.6 Å². The van der Waals surface area contributed by atoms with E-state index >= 15 is 0 Å². The molecule has 0 bridgehead atoms. The number of carbonyl (C=O) groups is 1. The number of piperazine rings is 1. The third-order valence-electron chi connectivity index (χ3n) is 6.88. The predicted molar refractivity (Wildman–Crippen MR) is 133 cm³/mol. The molecule has 1 saturated heterocycles. The Hall–Kier alpha value is -3.74. The second kappa shape index (κ2) is 9.63. The van der Waals surface area contributed by atoms with Gasteiger partial charge in [0, 0.05) is 50.3 Å². The van der Waals surface area contributed by atoms with E-state index in [1.807, 2.05) is 36.4 Å². The van der Waals surface area contributed by atoms with Gasteiger partial charge in [0.2, 0.25) is 5.91 Å². The number of para-hydroxylation sites is 2.